The normalized spacial score (nSPS) is 19.1. The van der Waals surface area contributed by atoms with Crippen LogP contribution in [0.2, 0.25) is 0 Å². The summed E-state index contributed by atoms with van der Waals surface area (Å²) in [6.45, 7) is 6.79. The zero-order chi connectivity index (χ0) is 13.5. The van der Waals surface area contributed by atoms with Crippen molar-refractivity contribution in [3.63, 3.8) is 0 Å². The fourth-order valence-electron chi connectivity index (χ4n) is 2.26. The van der Waals surface area contributed by atoms with E-state index in [0.29, 0.717) is 6.54 Å². The van der Waals surface area contributed by atoms with Gasteiger partial charge >= 0.3 is 6.09 Å². The average Bonchev–Trinajstić information content (AvgIpc) is 2.25. The number of benzene rings is 1. The highest BCUT2D eigenvalue weighted by molar-refractivity contribution is 9.10. The standard InChI is InChI=1S/C13H17BrN2O2/c1-13(2,3)11-7-15-9-6-8(14)4-5-10(9)16(11)12(17)18/h4-6,11,15H,7H2,1-3H3,(H,17,18). The molecule has 1 aromatic rings. The summed E-state index contributed by atoms with van der Waals surface area (Å²) in [7, 11) is 0. The lowest BCUT2D eigenvalue weighted by Crippen LogP contribution is -2.53. The maximum Gasteiger partial charge on any atom is 0.412 e. The van der Waals surface area contributed by atoms with Crippen molar-refractivity contribution in [3.05, 3.63) is 22.7 Å². The van der Waals surface area contributed by atoms with E-state index in [0.717, 1.165) is 15.8 Å². The van der Waals surface area contributed by atoms with E-state index in [1.807, 2.05) is 18.2 Å². The molecular formula is C13H17BrN2O2. The number of fused-ring (bicyclic) bond motifs is 1. The Kier molecular flexibility index (Phi) is 3.27. The van der Waals surface area contributed by atoms with E-state index in [-0.39, 0.29) is 11.5 Å². The molecule has 0 saturated heterocycles. The van der Waals surface area contributed by atoms with Gasteiger partial charge in [-0.05, 0) is 23.6 Å². The Morgan fingerprint density at radius 1 is 1.50 bits per heavy atom. The van der Waals surface area contributed by atoms with Crippen molar-refractivity contribution in [1.29, 1.82) is 0 Å². The SMILES string of the molecule is CC(C)(C)C1CNc2cc(Br)ccc2N1C(=O)O. The lowest BCUT2D eigenvalue weighted by molar-refractivity contribution is 0.190. The molecule has 1 aliphatic heterocycles. The molecule has 1 unspecified atom stereocenters. The van der Waals surface area contributed by atoms with Gasteiger partial charge in [0.25, 0.3) is 0 Å². The van der Waals surface area contributed by atoms with Crippen molar-refractivity contribution >= 4 is 33.4 Å². The second-order valence-corrected chi connectivity index (χ2v) is 6.49. The first-order valence-electron chi connectivity index (χ1n) is 5.86. The van der Waals surface area contributed by atoms with Crippen molar-refractivity contribution in [2.24, 2.45) is 5.41 Å². The first kappa shape index (κ1) is 13.2. The molecule has 5 heteroatoms. The van der Waals surface area contributed by atoms with Crippen LogP contribution in [0.3, 0.4) is 0 Å². The van der Waals surface area contributed by atoms with Crippen LogP contribution in [0.15, 0.2) is 22.7 Å². The molecule has 0 fully saturated rings. The third kappa shape index (κ3) is 2.32. The van der Waals surface area contributed by atoms with Gasteiger partial charge in [0, 0.05) is 11.0 Å². The third-order valence-corrected chi connectivity index (χ3v) is 3.71. The number of rotatable bonds is 0. The number of carboxylic acid groups (broad SMARTS) is 1. The van der Waals surface area contributed by atoms with Crippen molar-refractivity contribution in [2.75, 3.05) is 16.8 Å². The molecule has 98 valence electrons. The van der Waals surface area contributed by atoms with E-state index in [4.69, 9.17) is 0 Å². The zero-order valence-corrected chi connectivity index (χ0v) is 12.3. The number of nitrogens with one attached hydrogen (secondary N) is 1. The topological polar surface area (TPSA) is 52.6 Å². The molecule has 4 nitrogen and oxygen atoms in total. The summed E-state index contributed by atoms with van der Waals surface area (Å²) in [6, 6.07) is 5.52. The maximum absolute atomic E-state index is 11.5. The van der Waals surface area contributed by atoms with Crippen LogP contribution in [0.5, 0.6) is 0 Å². The molecule has 1 atom stereocenters. The highest BCUT2D eigenvalue weighted by Crippen LogP contribution is 2.38. The first-order chi connectivity index (χ1) is 8.30. The zero-order valence-electron chi connectivity index (χ0n) is 10.7. The van der Waals surface area contributed by atoms with Gasteiger partial charge in [0.1, 0.15) is 0 Å². The Hall–Kier alpha value is -1.23. The summed E-state index contributed by atoms with van der Waals surface area (Å²) in [4.78, 5) is 13.0. The Morgan fingerprint density at radius 3 is 2.72 bits per heavy atom. The number of hydrogen-bond acceptors (Lipinski definition) is 2. The van der Waals surface area contributed by atoms with Crippen molar-refractivity contribution in [2.45, 2.75) is 26.8 Å². The van der Waals surface area contributed by atoms with Crippen molar-refractivity contribution in [1.82, 2.24) is 0 Å². The molecule has 2 rings (SSSR count). The van der Waals surface area contributed by atoms with E-state index < -0.39 is 6.09 Å². The Bertz CT molecular complexity index is 482. The van der Waals surface area contributed by atoms with E-state index in [1.54, 1.807) is 0 Å². The maximum atomic E-state index is 11.5. The monoisotopic (exact) mass is 312 g/mol. The summed E-state index contributed by atoms with van der Waals surface area (Å²) in [5.41, 5.74) is 1.46. The average molecular weight is 313 g/mol. The second-order valence-electron chi connectivity index (χ2n) is 5.58. The number of carbonyl (C=O) groups is 1. The van der Waals surface area contributed by atoms with Gasteiger partial charge in [-0.3, -0.25) is 4.90 Å². The predicted molar refractivity (Wildman–Crippen MR) is 76.4 cm³/mol. The number of amides is 1. The third-order valence-electron chi connectivity index (χ3n) is 3.22. The fraction of sp³-hybridized carbons (Fsp3) is 0.462. The number of anilines is 2. The Balaban J connectivity index is 2.49. The molecule has 0 aliphatic carbocycles. The minimum Gasteiger partial charge on any atom is -0.465 e. The number of nitrogens with zero attached hydrogens (tertiary/aromatic N) is 1. The summed E-state index contributed by atoms with van der Waals surface area (Å²) >= 11 is 3.40. The van der Waals surface area contributed by atoms with Crippen molar-refractivity contribution in [3.8, 4) is 0 Å². The molecule has 1 amide bonds. The summed E-state index contributed by atoms with van der Waals surface area (Å²) in [5.74, 6) is 0. The smallest absolute Gasteiger partial charge is 0.412 e. The first-order valence-corrected chi connectivity index (χ1v) is 6.65. The summed E-state index contributed by atoms with van der Waals surface area (Å²) in [5, 5.41) is 12.8. The molecular weight excluding hydrogens is 296 g/mol. The van der Waals surface area contributed by atoms with Crippen LogP contribution >= 0.6 is 15.9 Å². The largest absolute Gasteiger partial charge is 0.465 e. The summed E-state index contributed by atoms with van der Waals surface area (Å²) in [6.07, 6.45) is -0.903. The molecule has 0 saturated carbocycles. The Labute approximate surface area is 115 Å². The van der Waals surface area contributed by atoms with Crippen LogP contribution in [0.1, 0.15) is 20.8 Å². The van der Waals surface area contributed by atoms with E-state index in [9.17, 15) is 9.90 Å². The van der Waals surface area contributed by atoms with Gasteiger partial charge in [0.15, 0.2) is 0 Å². The van der Waals surface area contributed by atoms with Crippen LogP contribution in [0, 0.1) is 5.41 Å². The minimum absolute atomic E-state index is 0.0799. The van der Waals surface area contributed by atoms with E-state index >= 15 is 0 Å². The van der Waals surface area contributed by atoms with Gasteiger partial charge in [0.05, 0.1) is 17.4 Å². The van der Waals surface area contributed by atoms with E-state index in [2.05, 4.69) is 42.0 Å². The number of halogens is 1. The predicted octanol–water partition coefficient (Wildman–Crippen LogP) is 3.77. The number of hydrogen-bond donors (Lipinski definition) is 2. The van der Waals surface area contributed by atoms with Gasteiger partial charge in [-0.1, -0.05) is 36.7 Å². The van der Waals surface area contributed by atoms with E-state index in [1.165, 1.54) is 4.90 Å². The highest BCUT2D eigenvalue weighted by Gasteiger charge is 2.38. The van der Waals surface area contributed by atoms with Crippen LogP contribution in [0.4, 0.5) is 16.2 Å². The Morgan fingerprint density at radius 2 is 2.17 bits per heavy atom. The quantitative estimate of drug-likeness (QED) is 0.766. The molecule has 1 heterocycles. The fourth-order valence-corrected chi connectivity index (χ4v) is 2.62. The molecule has 2 N–H and O–H groups in total. The molecule has 0 spiro atoms. The van der Waals surface area contributed by atoms with Crippen LogP contribution < -0.4 is 10.2 Å². The molecule has 1 aromatic carbocycles. The van der Waals surface area contributed by atoms with Crippen molar-refractivity contribution < 1.29 is 9.90 Å². The van der Waals surface area contributed by atoms with Crippen LogP contribution in [-0.4, -0.2) is 23.8 Å². The molecule has 1 aliphatic rings. The minimum atomic E-state index is -0.903. The molecule has 0 bridgehead atoms. The van der Waals surface area contributed by atoms with Gasteiger partial charge in [-0.15, -0.1) is 0 Å². The van der Waals surface area contributed by atoms with Crippen LogP contribution in [-0.2, 0) is 0 Å². The lowest BCUT2D eigenvalue weighted by Gasteiger charge is -2.42. The molecule has 0 aromatic heterocycles. The van der Waals surface area contributed by atoms with Gasteiger partial charge in [-0.25, -0.2) is 4.79 Å². The molecule has 18 heavy (non-hydrogen) atoms. The van der Waals surface area contributed by atoms with Gasteiger partial charge in [0.2, 0.25) is 0 Å². The summed E-state index contributed by atoms with van der Waals surface area (Å²) < 4.78 is 0.938. The van der Waals surface area contributed by atoms with Gasteiger partial charge < -0.3 is 10.4 Å². The molecule has 0 radical (unpaired) electrons. The highest BCUT2D eigenvalue weighted by atomic mass is 79.9. The second kappa shape index (κ2) is 4.46. The van der Waals surface area contributed by atoms with Crippen LogP contribution in [0.25, 0.3) is 0 Å². The van der Waals surface area contributed by atoms with Gasteiger partial charge in [-0.2, -0.15) is 0 Å². The lowest BCUT2D eigenvalue weighted by atomic mass is 9.84.